The third kappa shape index (κ3) is 5.20. The van der Waals surface area contributed by atoms with E-state index >= 15 is 0 Å². The molecule has 1 N–H and O–H groups in total. The van der Waals surface area contributed by atoms with Gasteiger partial charge in [0.1, 0.15) is 10.6 Å². The predicted octanol–water partition coefficient (Wildman–Crippen LogP) is 1.41. The van der Waals surface area contributed by atoms with Crippen LogP contribution < -0.4 is 9.46 Å². The first kappa shape index (κ1) is 20.5. The SMILES string of the molecule is COc1ccc(C)cc1S(=O)(=O)NCC1(CN2CCOCC2)CCOCC1. The Morgan fingerprint density at radius 1 is 1.15 bits per heavy atom. The number of nitrogens with zero attached hydrogens (tertiary/aromatic N) is 1. The average Bonchev–Trinajstić information content (AvgIpc) is 2.68. The van der Waals surface area contributed by atoms with Crippen molar-refractivity contribution in [1.82, 2.24) is 9.62 Å². The van der Waals surface area contributed by atoms with Gasteiger partial charge in [-0.2, -0.15) is 0 Å². The molecule has 1 aromatic rings. The molecular formula is C19H30N2O5S. The molecular weight excluding hydrogens is 368 g/mol. The zero-order valence-electron chi connectivity index (χ0n) is 16.2. The normalized spacial score (nSPS) is 21.1. The van der Waals surface area contributed by atoms with Crippen molar-refractivity contribution in [2.45, 2.75) is 24.7 Å². The van der Waals surface area contributed by atoms with E-state index in [1.807, 2.05) is 13.0 Å². The van der Waals surface area contributed by atoms with E-state index in [1.165, 1.54) is 7.11 Å². The number of hydrogen-bond acceptors (Lipinski definition) is 6. The lowest BCUT2D eigenvalue weighted by Crippen LogP contribution is -2.50. The molecule has 0 spiro atoms. The predicted molar refractivity (Wildman–Crippen MR) is 103 cm³/mol. The van der Waals surface area contributed by atoms with Gasteiger partial charge in [-0.1, -0.05) is 6.07 Å². The van der Waals surface area contributed by atoms with Crippen molar-refractivity contribution < 1.29 is 22.6 Å². The first-order valence-corrected chi connectivity index (χ1v) is 10.9. The second-order valence-corrected chi connectivity index (χ2v) is 9.22. The largest absolute Gasteiger partial charge is 0.495 e. The van der Waals surface area contributed by atoms with Gasteiger partial charge in [0.05, 0.1) is 20.3 Å². The van der Waals surface area contributed by atoms with Crippen LogP contribution in [0.3, 0.4) is 0 Å². The van der Waals surface area contributed by atoms with E-state index in [0.717, 1.165) is 51.3 Å². The van der Waals surface area contributed by atoms with Crippen molar-refractivity contribution in [2.24, 2.45) is 5.41 Å². The third-order valence-corrected chi connectivity index (χ3v) is 6.88. The summed E-state index contributed by atoms with van der Waals surface area (Å²) >= 11 is 0. The molecule has 2 heterocycles. The Kier molecular flexibility index (Phi) is 6.75. The molecule has 0 saturated carbocycles. The van der Waals surface area contributed by atoms with E-state index in [9.17, 15) is 8.42 Å². The molecule has 2 saturated heterocycles. The first-order chi connectivity index (χ1) is 12.9. The van der Waals surface area contributed by atoms with Crippen molar-refractivity contribution in [3.63, 3.8) is 0 Å². The van der Waals surface area contributed by atoms with Gasteiger partial charge < -0.3 is 14.2 Å². The van der Waals surface area contributed by atoms with Crippen LogP contribution in [0.4, 0.5) is 0 Å². The van der Waals surface area contributed by atoms with Crippen molar-refractivity contribution >= 4 is 10.0 Å². The quantitative estimate of drug-likeness (QED) is 0.748. The van der Waals surface area contributed by atoms with Gasteiger partial charge in [0.25, 0.3) is 0 Å². The van der Waals surface area contributed by atoms with E-state index in [0.29, 0.717) is 25.5 Å². The van der Waals surface area contributed by atoms with E-state index in [4.69, 9.17) is 14.2 Å². The van der Waals surface area contributed by atoms with Crippen LogP contribution in [0.2, 0.25) is 0 Å². The molecule has 3 rings (SSSR count). The van der Waals surface area contributed by atoms with Crippen LogP contribution in [0.25, 0.3) is 0 Å². The highest BCUT2D eigenvalue weighted by Gasteiger charge is 2.36. The smallest absolute Gasteiger partial charge is 0.244 e. The Morgan fingerprint density at radius 3 is 2.48 bits per heavy atom. The molecule has 0 unspecified atom stereocenters. The Labute approximate surface area is 162 Å². The van der Waals surface area contributed by atoms with Gasteiger partial charge in [-0.25, -0.2) is 13.1 Å². The van der Waals surface area contributed by atoms with Gasteiger partial charge in [-0.05, 0) is 37.5 Å². The maximum atomic E-state index is 13.0. The number of benzene rings is 1. The number of sulfonamides is 1. The lowest BCUT2D eigenvalue weighted by Gasteiger charge is -2.42. The molecule has 0 amide bonds. The summed E-state index contributed by atoms with van der Waals surface area (Å²) in [6.07, 6.45) is 1.69. The zero-order chi connectivity index (χ0) is 19.3. The number of aryl methyl sites for hydroxylation is 1. The van der Waals surface area contributed by atoms with Crippen molar-refractivity contribution in [3.8, 4) is 5.75 Å². The summed E-state index contributed by atoms with van der Waals surface area (Å²) in [4.78, 5) is 2.56. The second-order valence-electron chi connectivity index (χ2n) is 7.48. The minimum absolute atomic E-state index is 0.125. The van der Waals surface area contributed by atoms with Crippen LogP contribution in [0.5, 0.6) is 5.75 Å². The van der Waals surface area contributed by atoms with E-state index in [1.54, 1.807) is 12.1 Å². The lowest BCUT2D eigenvalue weighted by atomic mass is 9.79. The highest BCUT2D eigenvalue weighted by atomic mass is 32.2. The molecule has 1 aromatic carbocycles. The standard InChI is InChI=1S/C19H30N2O5S/c1-16-3-4-17(24-2)18(13-16)27(22,23)20-14-19(5-9-25-10-6-19)15-21-7-11-26-12-8-21/h3-4,13,20H,5-12,14-15H2,1-2H3. The van der Waals surface area contributed by atoms with Crippen LogP contribution in [-0.4, -0.2) is 73.0 Å². The van der Waals surface area contributed by atoms with Crippen LogP contribution in [0, 0.1) is 12.3 Å². The molecule has 2 aliphatic heterocycles. The van der Waals surface area contributed by atoms with Crippen molar-refractivity contribution in [2.75, 3.05) is 59.7 Å². The summed E-state index contributed by atoms with van der Waals surface area (Å²) in [6, 6.07) is 5.19. The van der Waals surface area contributed by atoms with Crippen molar-refractivity contribution in [3.05, 3.63) is 23.8 Å². The fraction of sp³-hybridized carbons (Fsp3) is 0.684. The maximum absolute atomic E-state index is 13.0. The lowest BCUT2D eigenvalue weighted by molar-refractivity contribution is -0.0270. The monoisotopic (exact) mass is 398 g/mol. The fourth-order valence-electron chi connectivity index (χ4n) is 3.75. The summed E-state index contributed by atoms with van der Waals surface area (Å²) in [5.74, 6) is 0.363. The summed E-state index contributed by atoms with van der Waals surface area (Å²) < 4.78 is 45.1. The highest BCUT2D eigenvalue weighted by molar-refractivity contribution is 7.89. The Hall–Kier alpha value is -1.19. The van der Waals surface area contributed by atoms with Gasteiger partial charge in [0.15, 0.2) is 0 Å². The summed E-state index contributed by atoms with van der Waals surface area (Å²) in [7, 11) is -2.17. The van der Waals surface area contributed by atoms with E-state index in [-0.39, 0.29) is 10.3 Å². The van der Waals surface area contributed by atoms with Crippen LogP contribution in [-0.2, 0) is 19.5 Å². The van der Waals surface area contributed by atoms with E-state index < -0.39 is 10.0 Å². The number of rotatable bonds is 7. The van der Waals surface area contributed by atoms with Gasteiger partial charge in [0.2, 0.25) is 10.0 Å². The molecule has 152 valence electrons. The first-order valence-electron chi connectivity index (χ1n) is 9.46. The highest BCUT2D eigenvalue weighted by Crippen LogP contribution is 2.32. The molecule has 0 radical (unpaired) electrons. The Morgan fingerprint density at radius 2 is 1.81 bits per heavy atom. The Bertz CT molecular complexity index is 726. The van der Waals surface area contributed by atoms with Crippen LogP contribution >= 0.6 is 0 Å². The maximum Gasteiger partial charge on any atom is 0.244 e. The number of morpholine rings is 1. The summed E-state index contributed by atoms with van der Waals surface area (Å²) in [5.41, 5.74) is 0.755. The topological polar surface area (TPSA) is 77.1 Å². The molecule has 2 aliphatic rings. The minimum Gasteiger partial charge on any atom is -0.495 e. The summed E-state index contributed by atoms with van der Waals surface area (Å²) in [6.45, 7) is 7.70. The fourth-order valence-corrected chi connectivity index (χ4v) is 5.16. The molecule has 7 nitrogen and oxygen atoms in total. The van der Waals surface area contributed by atoms with Crippen molar-refractivity contribution in [1.29, 1.82) is 0 Å². The zero-order valence-corrected chi connectivity index (χ0v) is 17.0. The Balaban J connectivity index is 1.75. The van der Waals surface area contributed by atoms with Crippen LogP contribution in [0.1, 0.15) is 18.4 Å². The van der Waals surface area contributed by atoms with E-state index in [2.05, 4.69) is 9.62 Å². The minimum atomic E-state index is -3.66. The molecule has 0 bridgehead atoms. The number of ether oxygens (including phenoxy) is 3. The molecule has 8 heteroatoms. The molecule has 0 aromatic heterocycles. The molecule has 27 heavy (non-hydrogen) atoms. The summed E-state index contributed by atoms with van der Waals surface area (Å²) in [5, 5.41) is 0. The average molecular weight is 399 g/mol. The molecule has 0 aliphatic carbocycles. The molecule has 0 atom stereocenters. The molecule has 2 fully saturated rings. The third-order valence-electron chi connectivity index (χ3n) is 5.46. The van der Waals surface area contributed by atoms with Gasteiger partial charge in [0, 0.05) is 44.8 Å². The van der Waals surface area contributed by atoms with Gasteiger partial charge >= 0.3 is 0 Å². The number of methoxy groups -OCH3 is 1. The van der Waals surface area contributed by atoms with Gasteiger partial charge in [-0.15, -0.1) is 0 Å². The van der Waals surface area contributed by atoms with Gasteiger partial charge in [-0.3, -0.25) is 4.90 Å². The number of hydrogen-bond donors (Lipinski definition) is 1. The number of nitrogens with one attached hydrogen (secondary N) is 1. The van der Waals surface area contributed by atoms with Crippen LogP contribution in [0.15, 0.2) is 23.1 Å². The second kappa shape index (κ2) is 8.87.